The summed E-state index contributed by atoms with van der Waals surface area (Å²) in [6.07, 6.45) is 3.55. The van der Waals surface area contributed by atoms with Gasteiger partial charge in [-0.1, -0.05) is 42.5 Å². The van der Waals surface area contributed by atoms with Crippen LogP contribution in [0.4, 0.5) is 0 Å². The van der Waals surface area contributed by atoms with Gasteiger partial charge in [-0.2, -0.15) is 0 Å². The summed E-state index contributed by atoms with van der Waals surface area (Å²) < 4.78 is 0. The third-order valence-corrected chi connectivity index (χ3v) is 5.29. The monoisotopic (exact) mass is 362 g/mol. The molecular formula is C22H26N4O. The normalized spacial score (nSPS) is 15.9. The highest BCUT2D eigenvalue weighted by molar-refractivity contribution is 5.77. The molecule has 140 valence electrons. The van der Waals surface area contributed by atoms with Crippen molar-refractivity contribution in [3.05, 3.63) is 66.0 Å². The number of carbonyl (C=O) groups is 1. The number of H-pyrrole nitrogens is 1. The van der Waals surface area contributed by atoms with Crippen molar-refractivity contribution in [2.24, 2.45) is 0 Å². The second-order valence-corrected chi connectivity index (χ2v) is 7.17. The molecule has 0 spiro atoms. The molecule has 1 aliphatic rings. The second kappa shape index (κ2) is 8.35. The van der Waals surface area contributed by atoms with Gasteiger partial charge in [-0.3, -0.25) is 9.69 Å². The molecule has 0 aliphatic carbocycles. The van der Waals surface area contributed by atoms with E-state index in [9.17, 15) is 4.79 Å². The minimum absolute atomic E-state index is 0.0792. The largest absolute Gasteiger partial charge is 0.354 e. The van der Waals surface area contributed by atoms with Gasteiger partial charge in [0, 0.05) is 19.4 Å². The zero-order chi connectivity index (χ0) is 18.5. The van der Waals surface area contributed by atoms with Crippen LogP contribution in [0.3, 0.4) is 0 Å². The lowest BCUT2D eigenvalue weighted by molar-refractivity contribution is -0.121. The van der Waals surface area contributed by atoms with Crippen LogP contribution in [-0.4, -0.2) is 40.4 Å². The van der Waals surface area contributed by atoms with Crippen LogP contribution in [0.1, 0.15) is 36.7 Å². The summed E-state index contributed by atoms with van der Waals surface area (Å²) in [5, 5.41) is 3.14. The number of nitrogens with one attached hydrogen (secondary N) is 2. The van der Waals surface area contributed by atoms with E-state index >= 15 is 0 Å². The number of aromatic amines is 1. The number of carbonyl (C=O) groups excluding carboxylic acids is 1. The molecule has 5 nitrogen and oxygen atoms in total. The number of para-hydroxylation sites is 2. The van der Waals surface area contributed by atoms with Crippen molar-refractivity contribution in [1.82, 2.24) is 20.2 Å². The third kappa shape index (κ3) is 4.37. The number of fused-ring (bicyclic) bond motifs is 1. The van der Waals surface area contributed by atoms with Crippen molar-refractivity contribution in [1.29, 1.82) is 0 Å². The Labute approximate surface area is 159 Å². The summed E-state index contributed by atoms with van der Waals surface area (Å²) in [6.45, 7) is 2.87. The summed E-state index contributed by atoms with van der Waals surface area (Å²) in [5.74, 6) is 0.945. The Morgan fingerprint density at radius 3 is 2.59 bits per heavy atom. The van der Waals surface area contributed by atoms with E-state index in [2.05, 4.69) is 44.5 Å². The van der Waals surface area contributed by atoms with E-state index < -0.39 is 0 Å². The van der Waals surface area contributed by atoms with Crippen LogP contribution in [0, 0.1) is 0 Å². The molecule has 0 saturated carbocycles. The van der Waals surface area contributed by atoms with E-state index in [1.165, 1.54) is 18.4 Å². The summed E-state index contributed by atoms with van der Waals surface area (Å²) in [5.41, 5.74) is 3.24. The quantitative estimate of drug-likeness (QED) is 0.677. The number of nitrogens with zero attached hydrogens (tertiary/aromatic N) is 2. The van der Waals surface area contributed by atoms with Crippen LogP contribution >= 0.6 is 0 Å². The summed E-state index contributed by atoms with van der Waals surface area (Å²) in [6, 6.07) is 18.7. The Morgan fingerprint density at radius 1 is 1.07 bits per heavy atom. The van der Waals surface area contributed by atoms with Gasteiger partial charge in [-0.25, -0.2) is 4.98 Å². The molecule has 3 aromatic rings. The first-order valence-corrected chi connectivity index (χ1v) is 9.79. The van der Waals surface area contributed by atoms with Gasteiger partial charge >= 0.3 is 0 Å². The summed E-state index contributed by atoms with van der Waals surface area (Å²) in [4.78, 5) is 22.7. The van der Waals surface area contributed by atoms with Crippen LogP contribution in [0.15, 0.2) is 54.6 Å². The molecule has 1 atom stereocenters. The molecule has 2 N–H and O–H groups in total. The lowest BCUT2D eigenvalue weighted by atomic mass is 10.1. The molecule has 0 radical (unpaired) electrons. The van der Waals surface area contributed by atoms with Gasteiger partial charge in [0.05, 0.1) is 17.1 Å². The predicted octanol–water partition coefficient (Wildman–Crippen LogP) is 3.45. The van der Waals surface area contributed by atoms with Crippen LogP contribution in [0.2, 0.25) is 0 Å². The Hall–Kier alpha value is -2.66. The zero-order valence-corrected chi connectivity index (χ0v) is 15.5. The fraction of sp³-hybridized carbons (Fsp3) is 0.364. The Balaban J connectivity index is 1.33. The number of rotatable bonds is 7. The summed E-state index contributed by atoms with van der Waals surface area (Å²) >= 11 is 0. The molecule has 1 aromatic heterocycles. The zero-order valence-electron chi connectivity index (χ0n) is 15.5. The predicted molar refractivity (Wildman–Crippen MR) is 107 cm³/mol. The number of hydrogen-bond donors (Lipinski definition) is 2. The number of aromatic nitrogens is 2. The number of benzene rings is 2. The Kier molecular flexibility index (Phi) is 5.49. The summed E-state index contributed by atoms with van der Waals surface area (Å²) in [7, 11) is 0. The van der Waals surface area contributed by atoms with Gasteiger partial charge in [-0.15, -0.1) is 0 Å². The average molecular weight is 362 g/mol. The first-order chi connectivity index (χ1) is 13.3. The lowest BCUT2D eigenvalue weighted by Crippen LogP contribution is -2.36. The number of aryl methyl sites for hydroxylation is 1. The molecule has 2 aromatic carbocycles. The maximum absolute atomic E-state index is 12.4. The topological polar surface area (TPSA) is 61.0 Å². The number of hydrogen-bond acceptors (Lipinski definition) is 3. The van der Waals surface area contributed by atoms with Gasteiger partial charge in [0.2, 0.25) is 5.91 Å². The number of amides is 1. The molecule has 2 heterocycles. The fourth-order valence-corrected chi connectivity index (χ4v) is 3.84. The first-order valence-electron chi connectivity index (χ1n) is 9.79. The van der Waals surface area contributed by atoms with Crippen LogP contribution in [0.5, 0.6) is 0 Å². The Morgan fingerprint density at radius 2 is 1.81 bits per heavy atom. The van der Waals surface area contributed by atoms with E-state index in [1.807, 2.05) is 30.3 Å². The van der Waals surface area contributed by atoms with E-state index in [-0.39, 0.29) is 11.9 Å². The van der Waals surface area contributed by atoms with Crippen molar-refractivity contribution in [3.63, 3.8) is 0 Å². The minimum atomic E-state index is 0.0792. The van der Waals surface area contributed by atoms with Crippen LogP contribution < -0.4 is 5.32 Å². The molecule has 27 heavy (non-hydrogen) atoms. The van der Waals surface area contributed by atoms with E-state index in [4.69, 9.17) is 0 Å². The van der Waals surface area contributed by atoms with Gasteiger partial charge in [-0.05, 0) is 43.6 Å². The van der Waals surface area contributed by atoms with Crippen molar-refractivity contribution < 1.29 is 4.79 Å². The average Bonchev–Trinajstić information content (AvgIpc) is 3.37. The van der Waals surface area contributed by atoms with Crippen molar-refractivity contribution >= 4 is 16.9 Å². The van der Waals surface area contributed by atoms with Crippen LogP contribution in [-0.2, 0) is 11.2 Å². The molecule has 4 rings (SSSR count). The van der Waals surface area contributed by atoms with Gasteiger partial charge in [0.15, 0.2) is 0 Å². The third-order valence-electron chi connectivity index (χ3n) is 5.29. The van der Waals surface area contributed by atoms with E-state index in [0.29, 0.717) is 19.4 Å². The minimum Gasteiger partial charge on any atom is -0.354 e. The SMILES string of the molecule is O=C(CCc1nc2ccccc2[nH]1)NCC(c1ccccc1)N1CCCC1. The molecule has 1 fully saturated rings. The molecule has 0 bridgehead atoms. The number of imidazole rings is 1. The van der Waals surface area contributed by atoms with E-state index in [0.717, 1.165) is 29.9 Å². The van der Waals surface area contributed by atoms with Crippen molar-refractivity contribution in [2.75, 3.05) is 19.6 Å². The van der Waals surface area contributed by atoms with Gasteiger partial charge < -0.3 is 10.3 Å². The fourth-order valence-electron chi connectivity index (χ4n) is 3.84. The number of likely N-dealkylation sites (tertiary alicyclic amines) is 1. The van der Waals surface area contributed by atoms with Gasteiger partial charge in [0.1, 0.15) is 5.82 Å². The first kappa shape index (κ1) is 17.7. The highest BCUT2D eigenvalue weighted by Gasteiger charge is 2.23. The second-order valence-electron chi connectivity index (χ2n) is 7.17. The van der Waals surface area contributed by atoms with Crippen LogP contribution in [0.25, 0.3) is 11.0 Å². The maximum Gasteiger partial charge on any atom is 0.220 e. The highest BCUT2D eigenvalue weighted by Crippen LogP contribution is 2.24. The molecule has 1 aliphatic heterocycles. The molecule has 1 unspecified atom stereocenters. The Bertz CT molecular complexity index is 850. The maximum atomic E-state index is 12.4. The highest BCUT2D eigenvalue weighted by atomic mass is 16.1. The smallest absolute Gasteiger partial charge is 0.220 e. The van der Waals surface area contributed by atoms with E-state index in [1.54, 1.807) is 0 Å². The lowest BCUT2D eigenvalue weighted by Gasteiger charge is -2.28. The molecule has 1 saturated heterocycles. The van der Waals surface area contributed by atoms with Crippen molar-refractivity contribution in [3.8, 4) is 0 Å². The molecule has 1 amide bonds. The molecular weight excluding hydrogens is 336 g/mol. The van der Waals surface area contributed by atoms with Gasteiger partial charge in [0.25, 0.3) is 0 Å². The molecule has 5 heteroatoms. The van der Waals surface area contributed by atoms with Crippen molar-refractivity contribution in [2.45, 2.75) is 31.7 Å². The standard InChI is InChI=1S/C22H26N4O/c27-22(13-12-21-24-18-10-4-5-11-19(18)25-21)23-16-20(26-14-6-7-15-26)17-8-2-1-3-9-17/h1-5,8-11,20H,6-7,12-16H2,(H,23,27)(H,24,25).